The van der Waals surface area contributed by atoms with Gasteiger partial charge in [-0.05, 0) is 69.9 Å². The first-order valence-electron chi connectivity index (χ1n) is 11.2. The lowest BCUT2D eigenvalue weighted by Gasteiger charge is -2.21. The third-order valence-electron chi connectivity index (χ3n) is 5.46. The number of benzene rings is 2. The van der Waals surface area contributed by atoms with Gasteiger partial charge in [-0.25, -0.2) is 17.7 Å². The molecule has 3 aromatic rings. The number of aromatic nitrogens is 1. The van der Waals surface area contributed by atoms with Crippen LogP contribution in [0.15, 0.2) is 47.4 Å². The molecule has 1 heterocycles. The van der Waals surface area contributed by atoms with Crippen LogP contribution in [0.3, 0.4) is 0 Å². The minimum Gasteiger partial charge on any atom is -0.309 e. The molecule has 0 aliphatic heterocycles. The van der Waals surface area contributed by atoms with Crippen molar-refractivity contribution >= 4 is 66.6 Å². The molecule has 0 N–H and O–H groups in total. The van der Waals surface area contributed by atoms with E-state index >= 15 is 0 Å². The maximum atomic E-state index is 13.5. The highest BCUT2D eigenvalue weighted by Gasteiger charge is 2.24. The molecule has 0 saturated carbocycles. The standard InChI is InChI=1S/C24H31ClN4O3S2.ClH/c1-5-6-16-28(4)34(31,32)19-13-11-18(12-14-19)23(30)29(17-8-15-27(2)3)24-26-22-20(25)9-7-10-21(22)33-24;/h7,9-14H,5-6,8,15-17H2,1-4H3;1H. The van der Waals surface area contributed by atoms with Crippen LogP contribution in [0.4, 0.5) is 5.13 Å². The first kappa shape index (κ1) is 29.5. The van der Waals surface area contributed by atoms with E-state index in [0.29, 0.717) is 34.3 Å². The first-order valence-corrected chi connectivity index (χ1v) is 13.9. The maximum Gasteiger partial charge on any atom is 0.260 e. The Hall–Kier alpha value is -1.75. The number of fused-ring (bicyclic) bond motifs is 1. The number of sulfonamides is 1. The lowest BCUT2D eigenvalue weighted by molar-refractivity contribution is 0.0986. The molecule has 1 aromatic heterocycles. The minimum absolute atomic E-state index is 0. The molecule has 11 heteroatoms. The van der Waals surface area contributed by atoms with Gasteiger partial charge in [0.05, 0.1) is 14.6 Å². The van der Waals surface area contributed by atoms with Gasteiger partial charge >= 0.3 is 0 Å². The Morgan fingerprint density at radius 2 is 1.69 bits per heavy atom. The molecule has 1 amide bonds. The van der Waals surface area contributed by atoms with Gasteiger partial charge in [0.1, 0.15) is 5.52 Å². The van der Waals surface area contributed by atoms with Crippen molar-refractivity contribution in [1.29, 1.82) is 0 Å². The number of hydrogen-bond donors (Lipinski definition) is 0. The number of halogens is 2. The molecule has 0 aliphatic rings. The Morgan fingerprint density at radius 1 is 1.00 bits per heavy atom. The lowest BCUT2D eigenvalue weighted by atomic mass is 10.2. The van der Waals surface area contributed by atoms with Crippen molar-refractivity contribution in [2.24, 2.45) is 0 Å². The Morgan fingerprint density at radius 3 is 2.29 bits per heavy atom. The lowest BCUT2D eigenvalue weighted by Crippen LogP contribution is -2.33. The third kappa shape index (κ3) is 7.15. The Bertz CT molecular complexity index is 1230. The minimum atomic E-state index is -3.59. The fourth-order valence-electron chi connectivity index (χ4n) is 3.45. The topological polar surface area (TPSA) is 73.8 Å². The van der Waals surface area contributed by atoms with Gasteiger partial charge in [-0.2, -0.15) is 0 Å². The van der Waals surface area contributed by atoms with E-state index in [9.17, 15) is 13.2 Å². The molecule has 35 heavy (non-hydrogen) atoms. The smallest absolute Gasteiger partial charge is 0.260 e. The highest BCUT2D eigenvalue weighted by molar-refractivity contribution is 7.89. The second-order valence-electron chi connectivity index (χ2n) is 8.40. The number of carbonyl (C=O) groups is 1. The number of carbonyl (C=O) groups excluding carboxylic acids is 1. The molecule has 0 radical (unpaired) electrons. The average Bonchev–Trinajstić information content (AvgIpc) is 3.25. The van der Waals surface area contributed by atoms with E-state index in [0.717, 1.165) is 30.5 Å². The quantitative estimate of drug-likeness (QED) is 0.315. The number of hydrogen-bond acceptors (Lipinski definition) is 6. The molecule has 7 nitrogen and oxygen atoms in total. The van der Waals surface area contributed by atoms with Crippen molar-refractivity contribution in [3.05, 3.63) is 53.1 Å². The number of amides is 1. The van der Waals surface area contributed by atoms with E-state index in [4.69, 9.17) is 11.6 Å². The number of anilines is 1. The molecule has 0 unspecified atom stereocenters. The summed E-state index contributed by atoms with van der Waals surface area (Å²) in [5.41, 5.74) is 1.08. The molecule has 3 rings (SSSR count). The zero-order valence-corrected chi connectivity index (χ0v) is 23.6. The summed E-state index contributed by atoms with van der Waals surface area (Å²) in [6.07, 6.45) is 2.46. The molecular weight excluding hydrogens is 527 g/mol. The van der Waals surface area contributed by atoms with Crippen LogP contribution in [0.5, 0.6) is 0 Å². The van der Waals surface area contributed by atoms with Gasteiger partial charge in [0.2, 0.25) is 10.0 Å². The zero-order valence-electron chi connectivity index (χ0n) is 20.4. The van der Waals surface area contributed by atoms with Crippen molar-refractivity contribution in [3.8, 4) is 0 Å². The summed E-state index contributed by atoms with van der Waals surface area (Å²) < 4.78 is 27.9. The van der Waals surface area contributed by atoms with Crippen LogP contribution in [0.25, 0.3) is 10.2 Å². The van der Waals surface area contributed by atoms with Crippen LogP contribution in [-0.4, -0.2) is 69.3 Å². The zero-order chi connectivity index (χ0) is 24.9. The van der Waals surface area contributed by atoms with Gasteiger partial charge in [-0.15, -0.1) is 12.4 Å². The summed E-state index contributed by atoms with van der Waals surface area (Å²) >= 11 is 7.72. The molecule has 0 saturated heterocycles. The SMILES string of the molecule is CCCCN(C)S(=O)(=O)c1ccc(C(=O)N(CCCN(C)C)c2nc3c(Cl)cccc3s2)cc1.Cl. The van der Waals surface area contributed by atoms with Gasteiger partial charge in [0.15, 0.2) is 5.13 Å². The average molecular weight is 560 g/mol. The number of nitrogens with zero attached hydrogens (tertiary/aromatic N) is 4. The predicted molar refractivity (Wildman–Crippen MR) is 148 cm³/mol. The van der Waals surface area contributed by atoms with E-state index in [2.05, 4.69) is 9.88 Å². The van der Waals surface area contributed by atoms with Crippen molar-refractivity contribution in [2.45, 2.75) is 31.1 Å². The number of para-hydroxylation sites is 1. The van der Waals surface area contributed by atoms with E-state index in [1.807, 2.05) is 33.2 Å². The van der Waals surface area contributed by atoms with Gasteiger partial charge in [-0.3, -0.25) is 9.69 Å². The fraction of sp³-hybridized carbons (Fsp3) is 0.417. The molecule has 0 atom stereocenters. The van der Waals surface area contributed by atoms with Crippen LogP contribution in [0.1, 0.15) is 36.5 Å². The molecule has 2 aromatic carbocycles. The van der Waals surface area contributed by atoms with Crippen molar-refractivity contribution in [2.75, 3.05) is 45.7 Å². The number of thiazole rings is 1. The van der Waals surface area contributed by atoms with Crippen LogP contribution < -0.4 is 4.90 Å². The molecular formula is C24H32Cl2N4O3S2. The van der Waals surface area contributed by atoms with Crippen LogP contribution in [0, 0.1) is 0 Å². The van der Waals surface area contributed by atoms with E-state index in [1.165, 1.54) is 27.8 Å². The summed E-state index contributed by atoms with van der Waals surface area (Å²) in [4.78, 5) is 22.0. The summed E-state index contributed by atoms with van der Waals surface area (Å²) in [5, 5.41) is 1.12. The summed E-state index contributed by atoms with van der Waals surface area (Å²) in [6.45, 7) is 3.77. The van der Waals surface area contributed by atoms with E-state index in [1.54, 1.807) is 30.1 Å². The molecule has 0 spiro atoms. The molecule has 0 bridgehead atoms. The van der Waals surface area contributed by atoms with Crippen LogP contribution >= 0.6 is 35.3 Å². The third-order valence-corrected chi connectivity index (χ3v) is 8.68. The molecule has 192 valence electrons. The van der Waals surface area contributed by atoms with Crippen LogP contribution in [0.2, 0.25) is 5.02 Å². The highest BCUT2D eigenvalue weighted by atomic mass is 35.5. The first-order chi connectivity index (χ1) is 16.1. The van der Waals surface area contributed by atoms with Gasteiger partial charge in [-0.1, -0.05) is 42.3 Å². The number of unbranched alkanes of at least 4 members (excludes halogenated alkanes) is 1. The Labute approximate surface area is 223 Å². The Balaban J connectivity index is 0.00000432. The van der Waals surface area contributed by atoms with Gasteiger partial charge in [0, 0.05) is 25.7 Å². The highest BCUT2D eigenvalue weighted by Crippen LogP contribution is 2.33. The van der Waals surface area contributed by atoms with Crippen LogP contribution in [-0.2, 0) is 10.0 Å². The summed E-state index contributed by atoms with van der Waals surface area (Å²) in [7, 11) is 1.96. The largest absolute Gasteiger partial charge is 0.309 e. The van der Waals surface area contributed by atoms with E-state index in [-0.39, 0.29) is 23.2 Å². The monoisotopic (exact) mass is 558 g/mol. The second-order valence-corrected chi connectivity index (χ2v) is 11.9. The van der Waals surface area contributed by atoms with Crippen molar-refractivity contribution in [1.82, 2.24) is 14.2 Å². The van der Waals surface area contributed by atoms with Crippen molar-refractivity contribution in [3.63, 3.8) is 0 Å². The molecule has 0 aliphatic carbocycles. The molecule has 0 fully saturated rings. The maximum absolute atomic E-state index is 13.5. The van der Waals surface area contributed by atoms with Gasteiger partial charge in [0.25, 0.3) is 5.91 Å². The fourth-order valence-corrected chi connectivity index (χ4v) is 5.95. The summed E-state index contributed by atoms with van der Waals surface area (Å²) in [5.74, 6) is -0.225. The number of rotatable bonds is 11. The van der Waals surface area contributed by atoms with E-state index < -0.39 is 10.0 Å². The van der Waals surface area contributed by atoms with Gasteiger partial charge < -0.3 is 4.90 Å². The van der Waals surface area contributed by atoms with Crippen molar-refractivity contribution < 1.29 is 13.2 Å². The normalized spacial score (nSPS) is 11.7. The Kier molecular flexibility index (Phi) is 10.9. The summed E-state index contributed by atoms with van der Waals surface area (Å²) in [6, 6.07) is 11.7. The second kappa shape index (κ2) is 13.0. The predicted octanol–water partition coefficient (Wildman–Crippen LogP) is 5.39.